The molecule has 0 radical (unpaired) electrons. The second-order valence-corrected chi connectivity index (χ2v) is 16.7. The fourth-order valence-electron chi connectivity index (χ4n) is 10.6. The highest BCUT2D eigenvalue weighted by atomic mass is 16.5. The van der Waals surface area contributed by atoms with Crippen molar-refractivity contribution in [2.45, 2.75) is 137 Å². The van der Waals surface area contributed by atoms with Crippen LogP contribution in [-0.2, 0) is 10.8 Å². The first-order chi connectivity index (χ1) is 27.1. The van der Waals surface area contributed by atoms with Crippen LogP contribution < -0.4 is 18.9 Å². The van der Waals surface area contributed by atoms with Crippen molar-refractivity contribution < 1.29 is 33.6 Å². The van der Waals surface area contributed by atoms with Crippen LogP contribution in [0.25, 0.3) is 0 Å². The number of carbonyl (C=O) groups excluding carboxylic acids is 2. The lowest BCUT2D eigenvalue weighted by Gasteiger charge is -2.58. The number of amides is 2. The Morgan fingerprint density at radius 1 is 0.607 bits per heavy atom. The predicted octanol–water partition coefficient (Wildman–Crippen LogP) is 8.48. The third kappa shape index (κ3) is 6.18. The van der Waals surface area contributed by atoms with Gasteiger partial charge in [-0.25, -0.2) is 0 Å². The molecular formula is C46H51N3O7. The first kappa shape index (κ1) is 37.8. The molecule has 4 aliphatic carbocycles. The molecule has 0 unspecified atom stereocenters. The van der Waals surface area contributed by atoms with E-state index in [1.54, 1.807) is 38.5 Å². The van der Waals surface area contributed by atoms with Crippen LogP contribution in [0.2, 0.25) is 0 Å². The van der Waals surface area contributed by atoms with Gasteiger partial charge in [-0.05, 0) is 150 Å². The lowest BCUT2D eigenvalue weighted by atomic mass is 9.54. The third-order valence-electron chi connectivity index (χ3n) is 14.0. The van der Waals surface area contributed by atoms with Gasteiger partial charge < -0.3 is 24.1 Å². The number of methoxy groups -OCH3 is 2. The summed E-state index contributed by atoms with van der Waals surface area (Å²) in [6.07, 6.45) is 10.6. The van der Waals surface area contributed by atoms with Crippen LogP contribution >= 0.6 is 0 Å². The summed E-state index contributed by atoms with van der Waals surface area (Å²) in [5.41, 5.74) is -2.49. The maximum absolute atomic E-state index is 14.3. The first-order valence-electron chi connectivity index (χ1n) is 20.4. The second kappa shape index (κ2) is 14.8. The van der Waals surface area contributed by atoms with Crippen molar-refractivity contribution in [3.8, 4) is 35.1 Å². The van der Waals surface area contributed by atoms with Gasteiger partial charge in [0.05, 0.1) is 71.7 Å². The Hall–Kier alpha value is -5.06. The van der Waals surface area contributed by atoms with Crippen molar-refractivity contribution in [2.24, 2.45) is 0 Å². The van der Waals surface area contributed by atoms with E-state index in [1.807, 2.05) is 36.4 Å². The molecule has 0 aromatic heterocycles. The molecule has 3 aromatic carbocycles. The lowest BCUT2D eigenvalue weighted by Crippen LogP contribution is -2.69. The number of hydrogen-bond donors (Lipinski definition) is 1. The van der Waals surface area contributed by atoms with Crippen molar-refractivity contribution in [3.63, 3.8) is 0 Å². The number of ether oxygens (including phenoxy) is 4. The van der Waals surface area contributed by atoms with E-state index in [4.69, 9.17) is 18.9 Å². The molecule has 10 heteroatoms. The van der Waals surface area contributed by atoms with Crippen LogP contribution in [0, 0.1) is 22.7 Å². The Labute approximate surface area is 329 Å². The minimum atomic E-state index is -1.52. The summed E-state index contributed by atoms with van der Waals surface area (Å²) in [5.74, 6) is 1.59. The van der Waals surface area contributed by atoms with E-state index >= 15 is 0 Å². The molecule has 1 aliphatic heterocycles. The minimum Gasteiger partial charge on any atom is -0.493 e. The highest BCUT2D eigenvalue weighted by Crippen LogP contribution is 2.57. The van der Waals surface area contributed by atoms with Crippen LogP contribution in [-0.4, -0.2) is 59.4 Å². The number of fused-ring (bicyclic) bond motifs is 1. The third-order valence-corrected chi connectivity index (χ3v) is 14.0. The predicted molar refractivity (Wildman–Crippen MR) is 208 cm³/mol. The van der Waals surface area contributed by atoms with Crippen LogP contribution in [0.5, 0.6) is 23.0 Å². The van der Waals surface area contributed by atoms with Crippen molar-refractivity contribution in [3.05, 3.63) is 82.9 Å². The molecule has 8 rings (SSSR count). The molecule has 0 spiro atoms. The van der Waals surface area contributed by atoms with Crippen molar-refractivity contribution in [1.82, 2.24) is 4.90 Å². The van der Waals surface area contributed by atoms with E-state index in [9.17, 15) is 25.2 Å². The van der Waals surface area contributed by atoms with Gasteiger partial charge in [-0.2, -0.15) is 10.5 Å². The fraction of sp³-hybridized carbons (Fsp3) is 0.522. The maximum Gasteiger partial charge on any atom is 0.262 e. The zero-order valence-electron chi connectivity index (χ0n) is 32.5. The molecule has 1 N–H and O–H groups in total. The number of carbonyl (C=O) groups is 2. The van der Waals surface area contributed by atoms with Gasteiger partial charge in [-0.1, -0.05) is 24.3 Å². The van der Waals surface area contributed by atoms with Gasteiger partial charge in [0.1, 0.15) is 0 Å². The van der Waals surface area contributed by atoms with Crippen LogP contribution in [0.4, 0.5) is 0 Å². The van der Waals surface area contributed by atoms with Crippen LogP contribution in [0.15, 0.2) is 60.7 Å². The van der Waals surface area contributed by atoms with Crippen molar-refractivity contribution >= 4 is 11.8 Å². The first-order valence-corrected chi connectivity index (χ1v) is 20.4. The average Bonchev–Trinajstić information content (AvgIpc) is 4.01. The van der Waals surface area contributed by atoms with Gasteiger partial charge in [0.25, 0.3) is 11.8 Å². The number of rotatable bonds is 10. The molecule has 3 aromatic rings. The number of aliphatic hydroxyl groups is 1. The smallest absolute Gasteiger partial charge is 0.262 e. The fourth-order valence-corrected chi connectivity index (χ4v) is 10.6. The summed E-state index contributed by atoms with van der Waals surface area (Å²) in [6, 6.07) is 23.4. The Kier molecular flexibility index (Phi) is 9.99. The molecule has 0 saturated heterocycles. The van der Waals surface area contributed by atoms with E-state index in [0.29, 0.717) is 59.8 Å². The quantitative estimate of drug-likeness (QED) is 0.202. The second-order valence-electron chi connectivity index (χ2n) is 16.7. The Morgan fingerprint density at radius 2 is 1.02 bits per heavy atom. The largest absolute Gasteiger partial charge is 0.493 e. The molecule has 1 heterocycles. The number of hydrogen-bond acceptors (Lipinski definition) is 9. The zero-order chi connectivity index (χ0) is 39.1. The summed E-state index contributed by atoms with van der Waals surface area (Å²) in [7, 11) is 3.22. The average molecular weight is 758 g/mol. The highest BCUT2D eigenvalue weighted by molar-refractivity contribution is 6.22. The normalized spacial score (nSPS) is 29.4. The van der Waals surface area contributed by atoms with Gasteiger partial charge in [-0.3, -0.25) is 14.5 Å². The number of benzene rings is 3. The summed E-state index contributed by atoms with van der Waals surface area (Å²) < 4.78 is 24.1. The molecule has 10 nitrogen and oxygen atoms in total. The topological polar surface area (TPSA) is 142 Å². The van der Waals surface area contributed by atoms with E-state index in [1.165, 1.54) is 4.90 Å². The summed E-state index contributed by atoms with van der Waals surface area (Å²) >= 11 is 0. The van der Waals surface area contributed by atoms with Crippen LogP contribution in [0.3, 0.4) is 0 Å². The standard InChI is InChI=1S/C46H51N3O7/c1-53-37-17-15-31(27-39(37)55-33-9-3-4-10-33)43(29-47)19-23-45(24-20-43,49-41(50)35-13-7-8-14-36(35)42(49)51)46(52)25-21-44(30-48,22-26-46)32-16-18-38(54-2)40(28-32)56-34-11-5-6-12-34/h7-8,13-18,27-28,33-34,52H,3-6,9-12,19-26H2,1-2H3. The molecule has 292 valence electrons. The molecule has 5 aliphatic rings. The van der Waals surface area contributed by atoms with Gasteiger partial charge in [0, 0.05) is 0 Å². The van der Waals surface area contributed by atoms with E-state index in [2.05, 4.69) is 12.1 Å². The maximum atomic E-state index is 14.3. The van der Waals surface area contributed by atoms with Gasteiger partial charge in [0.2, 0.25) is 0 Å². The molecule has 0 atom stereocenters. The summed E-state index contributed by atoms with van der Waals surface area (Å²) in [5, 5.41) is 34.9. The molecule has 4 saturated carbocycles. The summed E-state index contributed by atoms with van der Waals surface area (Å²) in [4.78, 5) is 30.0. The Morgan fingerprint density at radius 3 is 1.41 bits per heavy atom. The molecule has 4 fully saturated rings. The van der Waals surface area contributed by atoms with E-state index < -0.39 is 33.8 Å². The van der Waals surface area contributed by atoms with E-state index in [0.717, 1.165) is 62.5 Å². The molecule has 56 heavy (non-hydrogen) atoms. The van der Waals surface area contributed by atoms with Crippen molar-refractivity contribution in [2.75, 3.05) is 14.2 Å². The lowest BCUT2D eigenvalue weighted by molar-refractivity contribution is -0.134. The number of imide groups is 1. The number of nitrogens with zero attached hydrogens (tertiary/aromatic N) is 3. The van der Waals surface area contributed by atoms with E-state index in [-0.39, 0.29) is 37.9 Å². The molecule has 2 amide bonds. The summed E-state index contributed by atoms with van der Waals surface area (Å²) in [6.45, 7) is 0. The van der Waals surface area contributed by atoms with Crippen LogP contribution in [0.1, 0.15) is 135 Å². The van der Waals surface area contributed by atoms with Crippen molar-refractivity contribution in [1.29, 1.82) is 10.5 Å². The van der Waals surface area contributed by atoms with Gasteiger partial charge in [-0.15, -0.1) is 0 Å². The highest BCUT2D eigenvalue weighted by Gasteiger charge is 2.64. The zero-order valence-corrected chi connectivity index (χ0v) is 32.5. The Bertz CT molecular complexity index is 2040. The van der Waals surface area contributed by atoms with Gasteiger partial charge >= 0.3 is 0 Å². The molecular weight excluding hydrogens is 707 g/mol. The monoisotopic (exact) mass is 757 g/mol. The molecule has 0 bridgehead atoms. The van der Waals surface area contributed by atoms with Gasteiger partial charge in [0.15, 0.2) is 23.0 Å². The SMILES string of the molecule is COc1ccc(C2(C#N)CCC(O)(C3(N4C(=O)c5ccccc5C4=O)CCC(C#N)(c4ccc(OC)c(OC5CCCC5)c4)CC3)CC2)cc1OC1CCCC1. The Balaban J connectivity index is 1.12. The minimum absolute atomic E-state index is 0.0930. The number of nitriles is 2.